The number of carbonyl (C=O) groups is 1. The Morgan fingerprint density at radius 2 is 2.35 bits per heavy atom. The number of aromatic nitrogens is 2. The van der Waals surface area contributed by atoms with Crippen molar-refractivity contribution in [3.8, 4) is 11.6 Å². The molecule has 2 aromatic rings. The number of anilines is 1. The lowest BCUT2D eigenvalue weighted by atomic mass is 9.95. The van der Waals surface area contributed by atoms with E-state index in [4.69, 9.17) is 9.47 Å². The van der Waals surface area contributed by atoms with Crippen LogP contribution in [0.4, 0.5) is 5.13 Å². The highest BCUT2D eigenvalue weighted by Crippen LogP contribution is 2.43. The van der Waals surface area contributed by atoms with Gasteiger partial charge in [-0.3, -0.25) is 9.69 Å². The smallest absolute Gasteiger partial charge is 0.223 e. The zero-order chi connectivity index (χ0) is 18.3. The third kappa shape index (κ3) is 3.26. The molecule has 2 aromatic heterocycles. The normalized spacial score (nSPS) is 24.5. The van der Waals surface area contributed by atoms with Crippen LogP contribution in [0.2, 0.25) is 0 Å². The number of fused-ring (bicyclic) bond motifs is 1. The molecule has 138 valence electrons. The number of ether oxygens (including phenoxy) is 2. The summed E-state index contributed by atoms with van der Waals surface area (Å²) in [6.45, 7) is 5.39. The Kier molecular flexibility index (Phi) is 4.32. The molecule has 7 nitrogen and oxygen atoms in total. The second-order valence-electron chi connectivity index (χ2n) is 7.07. The van der Waals surface area contributed by atoms with Crippen molar-refractivity contribution in [1.29, 1.82) is 0 Å². The molecular weight excluding hydrogens is 352 g/mol. The lowest BCUT2D eigenvalue weighted by Crippen LogP contribution is -2.37. The molecule has 0 aliphatic carbocycles. The second-order valence-corrected chi connectivity index (χ2v) is 8.18. The molecular formula is C18H22N4O3S. The van der Waals surface area contributed by atoms with E-state index < -0.39 is 0 Å². The maximum atomic E-state index is 11.2. The van der Waals surface area contributed by atoms with Crippen molar-refractivity contribution < 1.29 is 14.3 Å². The van der Waals surface area contributed by atoms with E-state index in [-0.39, 0.29) is 11.5 Å². The molecule has 0 aromatic carbocycles. The lowest BCUT2D eigenvalue weighted by molar-refractivity contribution is -0.114. The molecule has 0 radical (unpaired) electrons. The van der Waals surface area contributed by atoms with Gasteiger partial charge in [-0.1, -0.05) is 0 Å². The number of nitrogens with one attached hydrogen (secondary N) is 1. The number of hydrogen-bond acceptors (Lipinski definition) is 7. The number of likely N-dealkylation sites (tertiary alicyclic amines) is 1. The van der Waals surface area contributed by atoms with Crippen molar-refractivity contribution in [1.82, 2.24) is 14.9 Å². The summed E-state index contributed by atoms with van der Waals surface area (Å²) in [4.78, 5) is 23.2. The molecule has 1 fully saturated rings. The molecule has 0 saturated carbocycles. The van der Waals surface area contributed by atoms with Gasteiger partial charge < -0.3 is 14.8 Å². The minimum atomic E-state index is -0.194. The second kappa shape index (κ2) is 6.51. The molecule has 2 aliphatic rings. The summed E-state index contributed by atoms with van der Waals surface area (Å²) in [6, 6.07) is 2.38. The summed E-state index contributed by atoms with van der Waals surface area (Å²) in [5, 5.41) is 3.39. The van der Waals surface area contributed by atoms with Crippen LogP contribution < -0.4 is 14.8 Å². The zero-order valence-electron chi connectivity index (χ0n) is 15.1. The predicted octanol–water partition coefficient (Wildman–Crippen LogP) is 2.47. The largest absolute Gasteiger partial charge is 0.484 e. The molecule has 0 unspecified atom stereocenters. The van der Waals surface area contributed by atoms with Gasteiger partial charge in [0.15, 0.2) is 5.13 Å². The summed E-state index contributed by atoms with van der Waals surface area (Å²) >= 11 is 1.52. The summed E-state index contributed by atoms with van der Waals surface area (Å²) in [5.74, 6) is 1.40. The molecule has 1 N–H and O–H groups in total. The molecule has 2 atom stereocenters. The highest BCUT2D eigenvalue weighted by atomic mass is 32.1. The van der Waals surface area contributed by atoms with Crippen LogP contribution in [0.3, 0.4) is 0 Å². The monoisotopic (exact) mass is 374 g/mol. The minimum Gasteiger partial charge on any atom is -0.484 e. The van der Waals surface area contributed by atoms with Crippen LogP contribution in [0.1, 0.15) is 30.7 Å². The quantitative estimate of drug-likeness (QED) is 0.886. The van der Waals surface area contributed by atoms with E-state index in [0.717, 1.165) is 42.1 Å². The number of carbonyl (C=O) groups excluding carboxylic acids is 1. The molecule has 4 rings (SSSR count). The fraction of sp³-hybridized carbons (Fsp3) is 0.500. The lowest BCUT2D eigenvalue weighted by Gasteiger charge is -2.23. The first-order valence-electron chi connectivity index (χ1n) is 8.65. The van der Waals surface area contributed by atoms with Crippen LogP contribution >= 0.6 is 11.3 Å². The maximum absolute atomic E-state index is 11.2. The van der Waals surface area contributed by atoms with Crippen LogP contribution in [0.15, 0.2) is 18.5 Å². The third-order valence-electron chi connectivity index (χ3n) is 4.95. The van der Waals surface area contributed by atoms with Gasteiger partial charge in [0, 0.05) is 61.6 Å². The minimum absolute atomic E-state index is 0.0967. The van der Waals surface area contributed by atoms with E-state index in [2.05, 4.69) is 27.1 Å². The van der Waals surface area contributed by atoms with Crippen molar-refractivity contribution in [3.63, 3.8) is 0 Å². The van der Waals surface area contributed by atoms with Gasteiger partial charge in [0.2, 0.25) is 11.8 Å². The summed E-state index contributed by atoms with van der Waals surface area (Å²) < 4.78 is 11.6. The highest BCUT2D eigenvalue weighted by Gasteiger charge is 2.48. The first-order valence-corrected chi connectivity index (χ1v) is 9.46. The zero-order valence-corrected chi connectivity index (χ0v) is 15.9. The number of methoxy groups -OCH3 is 1. The number of thiazole rings is 1. The van der Waals surface area contributed by atoms with Crippen LogP contribution in [0, 0.1) is 0 Å². The molecule has 0 bridgehead atoms. The maximum Gasteiger partial charge on any atom is 0.223 e. The number of hydrogen-bond donors (Lipinski definition) is 1. The Morgan fingerprint density at radius 3 is 3.12 bits per heavy atom. The first-order chi connectivity index (χ1) is 12.5. The standard InChI is InChI=1S/C18H22N4O3S/c1-11-5-18(6-13-4-16(24-3)19-8-15(13)25-18)10-22(11)9-14-7-20-17(26-14)21-12(2)23/h4,7-8,11H,5-6,9-10H2,1-3H3,(H,20,21,23)/t11-,18-/m0/s1. The van der Waals surface area contributed by atoms with E-state index in [1.54, 1.807) is 13.3 Å². The Labute approximate surface area is 156 Å². The van der Waals surface area contributed by atoms with Crippen molar-refractivity contribution in [2.75, 3.05) is 19.0 Å². The van der Waals surface area contributed by atoms with Gasteiger partial charge in [0.1, 0.15) is 11.4 Å². The Bertz CT molecular complexity index is 840. The number of amides is 1. The van der Waals surface area contributed by atoms with Gasteiger partial charge in [0.25, 0.3) is 0 Å². The van der Waals surface area contributed by atoms with E-state index in [9.17, 15) is 4.79 Å². The van der Waals surface area contributed by atoms with Gasteiger partial charge in [-0.25, -0.2) is 9.97 Å². The van der Waals surface area contributed by atoms with Crippen molar-refractivity contribution in [2.45, 2.75) is 44.9 Å². The van der Waals surface area contributed by atoms with E-state index in [1.165, 1.54) is 18.3 Å². The molecule has 4 heterocycles. The van der Waals surface area contributed by atoms with Gasteiger partial charge in [0.05, 0.1) is 13.3 Å². The van der Waals surface area contributed by atoms with Crippen molar-refractivity contribution in [3.05, 3.63) is 28.9 Å². The van der Waals surface area contributed by atoms with Gasteiger partial charge in [-0.05, 0) is 6.92 Å². The topological polar surface area (TPSA) is 76.6 Å². The van der Waals surface area contributed by atoms with Gasteiger partial charge in [-0.2, -0.15) is 0 Å². The fourth-order valence-electron chi connectivity index (χ4n) is 3.88. The first kappa shape index (κ1) is 17.2. The Hall–Kier alpha value is -2.19. The van der Waals surface area contributed by atoms with Gasteiger partial charge in [-0.15, -0.1) is 11.3 Å². The van der Waals surface area contributed by atoms with Crippen LogP contribution in [0.25, 0.3) is 0 Å². The SMILES string of the molecule is COc1cc2c(cn1)O[C@]1(C2)C[C@H](C)N(Cc2cnc(NC(C)=O)s2)C1. The summed E-state index contributed by atoms with van der Waals surface area (Å²) in [7, 11) is 1.63. The molecule has 8 heteroatoms. The molecule has 1 amide bonds. The van der Waals surface area contributed by atoms with Crippen LogP contribution in [-0.2, 0) is 17.8 Å². The van der Waals surface area contributed by atoms with E-state index >= 15 is 0 Å². The fourth-order valence-corrected chi connectivity index (χ4v) is 4.77. The molecule has 1 spiro atoms. The average Bonchev–Trinajstić information content (AvgIpc) is 3.24. The van der Waals surface area contributed by atoms with Crippen LogP contribution in [0.5, 0.6) is 11.6 Å². The van der Waals surface area contributed by atoms with Crippen molar-refractivity contribution in [2.24, 2.45) is 0 Å². The molecule has 2 aliphatic heterocycles. The third-order valence-corrected chi connectivity index (χ3v) is 5.85. The van der Waals surface area contributed by atoms with E-state index in [1.807, 2.05) is 12.3 Å². The molecule has 1 saturated heterocycles. The molecule has 26 heavy (non-hydrogen) atoms. The summed E-state index contributed by atoms with van der Waals surface area (Å²) in [6.07, 6.45) is 5.45. The number of nitrogens with zero attached hydrogens (tertiary/aromatic N) is 3. The van der Waals surface area contributed by atoms with E-state index in [0.29, 0.717) is 17.1 Å². The van der Waals surface area contributed by atoms with Crippen molar-refractivity contribution >= 4 is 22.4 Å². The van der Waals surface area contributed by atoms with Gasteiger partial charge >= 0.3 is 0 Å². The average molecular weight is 374 g/mol. The number of rotatable bonds is 4. The Balaban J connectivity index is 1.45. The highest BCUT2D eigenvalue weighted by molar-refractivity contribution is 7.15. The predicted molar refractivity (Wildman–Crippen MR) is 98.8 cm³/mol. The summed E-state index contributed by atoms with van der Waals surface area (Å²) in [5.41, 5.74) is 0.970. The number of pyridine rings is 1. The Morgan fingerprint density at radius 1 is 1.50 bits per heavy atom. The van der Waals surface area contributed by atoms with Crippen LogP contribution in [-0.4, -0.2) is 46.1 Å².